The molecule has 2 aliphatic heterocycles. The number of hydrogen-bond acceptors (Lipinski definition) is 6. The molecule has 0 unspecified atom stereocenters. The zero-order valence-electron chi connectivity index (χ0n) is 16.1. The Morgan fingerprint density at radius 1 is 1.07 bits per heavy atom. The van der Waals surface area contributed by atoms with E-state index in [4.69, 9.17) is 0 Å². The second-order valence-electron chi connectivity index (χ2n) is 7.12. The number of imide groups is 2. The van der Waals surface area contributed by atoms with Crippen LogP contribution >= 0.6 is 0 Å². The van der Waals surface area contributed by atoms with Gasteiger partial charge in [0, 0.05) is 38.0 Å². The number of likely N-dealkylation sites (tertiary alicyclic amines) is 1. The van der Waals surface area contributed by atoms with E-state index in [2.05, 4.69) is 10.3 Å². The summed E-state index contributed by atoms with van der Waals surface area (Å²) in [4.78, 5) is 67.8. The van der Waals surface area contributed by atoms with Crippen molar-refractivity contribution in [1.82, 2.24) is 20.1 Å². The minimum absolute atomic E-state index is 0.0899. The van der Waals surface area contributed by atoms with Crippen LogP contribution in [0.4, 0.5) is 0 Å². The van der Waals surface area contributed by atoms with Crippen LogP contribution in [0.25, 0.3) is 0 Å². The van der Waals surface area contributed by atoms with Gasteiger partial charge in [0.15, 0.2) is 0 Å². The molecule has 9 nitrogen and oxygen atoms in total. The fourth-order valence-electron chi connectivity index (χ4n) is 3.62. The van der Waals surface area contributed by atoms with Gasteiger partial charge in [-0.25, -0.2) is 0 Å². The standard InChI is InChI=1S/C21H18N4O5/c1-24-17(26)5-4-16(21(24)30)25-19(28)14-3-2-12(10-15(14)20(25)29)11-23-18(27)13-6-8-22-9-7-13/h2-3,6-10,16H,4-5,11H2,1H3,(H,23,27)/t16-/m0/s1. The van der Waals surface area contributed by atoms with E-state index in [0.29, 0.717) is 11.1 Å². The zero-order valence-corrected chi connectivity index (χ0v) is 16.1. The first kappa shape index (κ1) is 19.4. The Labute approximate surface area is 171 Å². The second-order valence-corrected chi connectivity index (χ2v) is 7.12. The molecule has 1 N–H and O–H groups in total. The molecule has 0 aliphatic carbocycles. The highest BCUT2D eigenvalue weighted by molar-refractivity contribution is 6.23. The number of amides is 5. The van der Waals surface area contributed by atoms with Gasteiger partial charge in [0.25, 0.3) is 23.6 Å². The summed E-state index contributed by atoms with van der Waals surface area (Å²) < 4.78 is 0. The Bertz CT molecular complexity index is 1080. The molecule has 4 rings (SSSR count). The number of nitrogens with zero attached hydrogens (tertiary/aromatic N) is 3. The number of hydrogen-bond donors (Lipinski definition) is 1. The quantitative estimate of drug-likeness (QED) is 0.749. The van der Waals surface area contributed by atoms with Gasteiger partial charge in [0.2, 0.25) is 5.91 Å². The number of carbonyl (C=O) groups is 5. The molecule has 1 saturated heterocycles. The van der Waals surface area contributed by atoms with Gasteiger partial charge in [-0.1, -0.05) is 6.07 Å². The van der Waals surface area contributed by atoms with Crippen LogP contribution in [0.1, 0.15) is 49.5 Å². The summed E-state index contributed by atoms with van der Waals surface area (Å²) in [5.74, 6) is -2.31. The van der Waals surface area contributed by atoms with Crippen LogP contribution in [-0.4, -0.2) is 57.4 Å². The third-order valence-corrected chi connectivity index (χ3v) is 5.31. The molecule has 9 heteroatoms. The van der Waals surface area contributed by atoms with E-state index in [1.165, 1.54) is 25.5 Å². The van der Waals surface area contributed by atoms with E-state index in [0.717, 1.165) is 9.80 Å². The van der Waals surface area contributed by atoms with Crippen LogP contribution in [0.5, 0.6) is 0 Å². The highest BCUT2D eigenvalue weighted by atomic mass is 16.2. The number of pyridine rings is 1. The highest BCUT2D eigenvalue weighted by Gasteiger charge is 2.46. The van der Waals surface area contributed by atoms with E-state index in [1.54, 1.807) is 24.3 Å². The number of fused-ring (bicyclic) bond motifs is 1. The molecule has 0 bridgehead atoms. The fraction of sp³-hybridized carbons (Fsp3) is 0.238. The van der Waals surface area contributed by atoms with E-state index in [-0.39, 0.29) is 42.3 Å². The molecule has 0 spiro atoms. The predicted octanol–water partition coefficient (Wildman–Crippen LogP) is 0.755. The summed E-state index contributed by atoms with van der Waals surface area (Å²) in [6.07, 6.45) is 3.23. The Morgan fingerprint density at radius 2 is 1.77 bits per heavy atom. The van der Waals surface area contributed by atoms with Gasteiger partial charge < -0.3 is 5.32 Å². The monoisotopic (exact) mass is 406 g/mol. The van der Waals surface area contributed by atoms with Crippen LogP contribution in [0.3, 0.4) is 0 Å². The van der Waals surface area contributed by atoms with E-state index in [1.807, 2.05) is 0 Å². The summed E-state index contributed by atoms with van der Waals surface area (Å²) in [6.45, 7) is 0.162. The first-order valence-corrected chi connectivity index (χ1v) is 9.38. The molecule has 0 saturated carbocycles. The molecule has 5 amide bonds. The maximum Gasteiger partial charge on any atom is 0.262 e. The van der Waals surface area contributed by atoms with Crippen LogP contribution in [0.15, 0.2) is 42.7 Å². The van der Waals surface area contributed by atoms with Gasteiger partial charge in [-0.05, 0) is 36.2 Å². The summed E-state index contributed by atoms with van der Waals surface area (Å²) in [7, 11) is 1.35. The van der Waals surface area contributed by atoms with Gasteiger partial charge >= 0.3 is 0 Å². The van der Waals surface area contributed by atoms with Crippen LogP contribution in [0.2, 0.25) is 0 Å². The van der Waals surface area contributed by atoms with Crippen molar-refractivity contribution in [1.29, 1.82) is 0 Å². The molecule has 30 heavy (non-hydrogen) atoms. The van der Waals surface area contributed by atoms with Gasteiger partial charge in [0.05, 0.1) is 11.1 Å². The molecule has 2 aromatic rings. The smallest absolute Gasteiger partial charge is 0.262 e. The van der Waals surface area contributed by atoms with Crippen LogP contribution in [0, 0.1) is 0 Å². The highest BCUT2D eigenvalue weighted by Crippen LogP contribution is 2.29. The predicted molar refractivity (Wildman–Crippen MR) is 103 cm³/mol. The van der Waals surface area contributed by atoms with Crippen molar-refractivity contribution in [2.24, 2.45) is 0 Å². The Hall–Kier alpha value is -3.88. The van der Waals surface area contributed by atoms with Crippen molar-refractivity contribution in [3.63, 3.8) is 0 Å². The Morgan fingerprint density at radius 3 is 2.50 bits per heavy atom. The first-order chi connectivity index (χ1) is 14.4. The largest absolute Gasteiger partial charge is 0.348 e. The third-order valence-electron chi connectivity index (χ3n) is 5.31. The Balaban J connectivity index is 1.52. The number of benzene rings is 1. The van der Waals surface area contributed by atoms with Crippen molar-refractivity contribution >= 4 is 29.5 Å². The van der Waals surface area contributed by atoms with Crippen LogP contribution in [-0.2, 0) is 16.1 Å². The molecule has 1 atom stereocenters. The number of carbonyl (C=O) groups excluding carboxylic acids is 5. The minimum atomic E-state index is -0.991. The van der Waals surface area contributed by atoms with E-state index < -0.39 is 23.8 Å². The van der Waals surface area contributed by atoms with Gasteiger partial charge in [-0.2, -0.15) is 0 Å². The van der Waals surface area contributed by atoms with Crippen molar-refractivity contribution < 1.29 is 24.0 Å². The maximum atomic E-state index is 12.9. The lowest BCUT2D eigenvalue weighted by Crippen LogP contribution is -2.54. The molecular weight excluding hydrogens is 388 g/mol. The molecule has 2 aliphatic rings. The molecule has 1 aromatic carbocycles. The summed E-state index contributed by atoms with van der Waals surface area (Å²) in [5.41, 5.74) is 1.49. The molecule has 1 aromatic heterocycles. The SMILES string of the molecule is CN1C(=O)CC[C@H](N2C(=O)c3ccc(CNC(=O)c4ccncc4)cc3C2=O)C1=O. The van der Waals surface area contributed by atoms with Gasteiger partial charge in [0.1, 0.15) is 6.04 Å². The molecule has 0 radical (unpaired) electrons. The summed E-state index contributed by atoms with van der Waals surface area (Å²) >= 11 is 0. The van der Waals surface area contributed by atoms with Crippen molar-refractivity contribution in [2.45, 2.75) is 25.4 Å². The van der Waals surface area contributed by atoms with Crippen molar-refractivity contribution in [3.05, 3.63) is 65.0 Å². The Kier molecular flexibility index (Phi) is 4.86. The average Bonchev–Trinajstić information content (AvgIpc) is 3.01. The lowest BCUT2D eigenvalue weighted by Gasteiger charge is -2.32. The van der Waals surface area contributed by atoms with Crippen molar-refractivity contribution in [3.8, 4) is 0 Å². The van der Waals surface area contributed by atoms with Crippen LogP contribution < -0.4 is 5.32 Å². The summed E-state index contributed by atoms with van der Waals surface area (Å²) in [6, 6.07) is 6.90. The average molecular weight is 406 g/mol. The molecular formula is C21H18N4O5. The van der Waals surface area contributed by atoms with E-state index in [9.17, 15) is 24.0 Å². The van der Waals surface area contributed by atoms with Crippen molar-refractivity contribution in [2.75, 3.05) is 7.05 Å². The lowest BCUT2D eigenvalue weighted by molar-refractivity contribution is -0.149. The topological polar surface area (TPSA) is 117 Å². The van der Waals surface area contributed by atoms with E-state index >= 15 is 0 Å². The minimum Gasteiger partial charge on any atom is -0.348 e. The number of likely N-dealkylation sites (N-methyl/N-ethyl adjacent to an activating group) is 1. The normalized spacial score (nSPS) is 18.6. The molecule has 152 valence electrons. The summed E-state index contributed by atoms with van der Waals surface area (Å²) in [5, 5.41) is 2.75. The van der Waals surface area contributed by atoms with Gasteiger partial charge in [-0.15, -0.1) is 0 Å². The number of piperidine rings is 1. The molecule has 3 heterocycles. The fourth-order valence-corrected chi connectivity index (χ4v) is 3.62. The maximum absolute atomic E-state index is 12.9. The number of rotatable bonds is 4. The van der Waals surface area contributed by atoms with Gasteiger partial charge in [-0.3, -0.25) is 38.8 Å². The number of nitrogens with one attached hydrogen (secondary N) is 1. The number of aromatic nitrogens is 1. The second kappa shape index (κ2) is 7.51. The molecule has 1 fully saturated rings. The zero-order chi connectivity index (χ0) is 21.4. The lowest BCUT2D eigenvalue weighted by atomic mass is 10.0. The third kappa shape index (κ3) is 3.24. The first-order valence-electron chi connectivity index (χ1n) is 9.38.